The van der Waals surface area contributed by atoms with Gasteiger partial charge in [-0.15, -0.1) is 0 Å². The molecule has 1 aromatic rings. The van der Waals surface area contributed by atoms with Crippen LogP contribution in [0.1, 0.15) is 24.0 Å². The largest absolute Gasteiger partial charge is 0.488 e. The number of carbonyl (C=O) groups is 1. The SMILES string of the molecule is Cc1ccc2c(c1)CC(CN1CCCC1C(=O)O)O2. The first-order valence-corrected chi connectivity index (χ1v) is 6.86. The number of aryl methyl sites for hydroxylation is 1. The van der Waals surface area contributed by atoms with Crippen LogP contribution in [0.25, 0.3) is 0 Å². The van der Waals surface area contributed by atoms with E-state index in [9.17, 15) is 9.90 Å². The summed E-state index contributed by atoms with van der Waals surface area (Å²) in [6.07, 6.45) is 2.71. The Morgan fingerprint density at radius 3 is 3.16 bits per heavy atom. The molecule has 102 valence electrons. The summed E-state index contributed by atoms with van der Waals surface area (Å²) < 4.78 is 5.92. The number of nitrogens with zero attached hydrogens (tertiary/aromatic N) is 1. The van der Waals surface area contributed by atoms with Crippen LogP contribution in [0.3, 0.4) is 0 Å². The number of hydrogen-bond donors (Lipinski definition) is 1. The Balaban J connectivity index is 1.65. The van der Waals surface area contributed by atoms with Crippen LogP contribution >= 0.6 is 0 Å². The fourth-order valence-corrected chi connectivity index (χ4v) is 3.14. The van der Waals surface area contributed by atoms with Gasteiger partial charge in [-0.2, -0.15) is 0 Å². The zero-order valence-corrected chi connectivity index (χ0v) is 11.1. The van der Waals surface area contributed by atoms with E-state index in [4.69, 9.17) is 4.74 Å². The molecule has 2 atom stereocenters. The van der Waals surface area contributed by atoms with E-state index in [1.165, 1.54) is 11.1 Å². The first-order valence-electron chi connectivity index (χ1n) is 6.86. The predicted molar refractivity (Wildman–Crippen MR) is 71.5 cm³/mol. The molecule has 4 nitrogen and oxygen atoms in total. The van der Waals surface area contributed by atoms with E-state index in [1.54, 1.807) is 0 Å². The second-order valence-corrected chi connectivity index (χ2v) is 5.55. The monoisotopic (exact) mass is 261 g/mol. The maximum atomic E-state index is 11.2. The summed E-state index contributed by atoms with van der Waals surface area (Å²) in [5.41, 5.74) is 2.49. The minimum atomic E-state index is -0.705. The van der Waals surface area contributed by atoms with Crippen LogP contribution in [0.2, 0.25) is 0 Å². The molecule has 1 aromatic carbocycles. The van der Waals surface area contributed by atoms with Crippen LogP contribution in [0.4, 0.5) is 0 Å². The van der Waals surface area contributed by atoms with Crippen molar-refractivity contribution in [2.75, 3.05) is 13.1 Å². The second kappa shape index (κ2) is 4.85. The zero-order valence-electron chi connectivity index (χ0n) is 11.1. The first kappa shape index (κ1) is 12.5. The van der Waals surface area contributed by atoms with Crippen molar-refractivity contribution in [3.8, 4) is 5.75 Å². The van der Waals surface area contributed by atoms with E-state index in [-0.39, 0.29) is 12.1 Å². The number of benzene rings is 1. The highest BCUT2D eigenvalue weighted by molar-refractivity contribution is 5.73. The number of ether oxygens (including phenoxy) is 1. The van der Waals surface area contributed by atoms with E-state index in [0.717, 1.165) is 31.6 Å². The molecule has 19 heavy (non-hydrogen) atoms. The molecule has 2 unspecified atom stereocenters. The molecule has 1 N–H and O–H groups in total. The first-order chi connectivity index (χ1) is 9.13. The Morgan fingerprint density at radius 1 is 1.53 bits per heavy atom. The van der Waals surface area contributed by atoms with E-state index in [2.05, 4.69) is 19.1 Å². The zero-order chi connectivity index (χ0) is 13.4. The maximum Gasteiger partial charge on any atom is 0.320 e. The van der Waals surface area contributed by atoms with Crippen molar-refractivity contribution in [1.82, 2.24) is 4.90 Å². The summed E-state index contributed by atoms with van der Waals surface area (Å²) in [6.45, 7) is 3.66. The third kappa shape index (κ3) is 2.45. The van der Waals surface area contributed by atoms with Crippen molar-refractivity contribution in [2.24, 2.45) is 0 Å². The van der Waals surface area contributed by atoms with Crippen LogP contribution in [0.5, 0.6) is 5.75 Å². The third-order valence-corrected chi connectivity index (χ3v) is 4.04. The van der Waals surface area contributed by atoms with Crippen LogP contribution in [0.15, 0.2) is 18.2 Å². The molecule has 0 radical (unpaired) electrons. The van der Waals surface area contributed by atoms with Gasteiger partial charge in [0, 0.05) is 13.0 Å². The Kier molecular flexibility index (Phi) is 3.19. The van der Waals surface area contributed by atoms with Gasteiger partial charge in [0.1, 0.15) is 17.9 Å². The Labute approximate surface area is 113 Å². The Bertz CT molecular complexity index is 500. The molecule has 0 aromatic heterocycles. The van der Waals surface area contributed by atoms with Crippen LogP contribution in [-0.2, 0) is 11.2 Å². The number of rotatable bonds is 3. The van der Waals surface area contributed by atoms with Gasteiger partial charge < -0.3 is 9.84 Å². The number of aliphatic carboxylic acids is 1. The highest BCUT2D eigenvalue weighted by Gasteiger charge is 2.34. The number of carboxylic acids is 1. The predicted octanol–water partition coefficient (Wildman–Crippen LogP) is 1.85. The average molecular weight is 261 g/mol. The summed E-state index contributed by atoms with van der Waals surface area (Å²) >= 11 is 0. The third-order valence-electron chi connectivity index (χ3n) is 4.04. The smallest absolute Gasteiger partial charge is 0.320 e. The van der Waals surface area contributed by atoms with Gasteiger partial charge in [-0.3, -0.25) is 9.69 Å². The van der Waals surface area contributed by atoms with E-state index >= 15 is 0 Å². The van der Waals surface area contributed by atoms with E-state index in [1.807, 2.05) is 11.0 Å². The summed E-state index contributed by atoms with van der Waals surface area (Å²) in [5, 5.41) is 9.19. The van der Waals surface area contributed by atoms with Gasteiger partial charge in [0.15, 0.2) is 0 Å². The van der Waals surface area contributed by atoms with Crippen LogP contribution in [-0.4, -0.2) is 41.2 Å². The summed E-state index contributed by atoms with van der Waals surface area (Å²) in [5.74, 6) is 0.255. The fraction of sp³-hybridized carbons (Fsp3) is 0.533. The van der Waals surface area contributed by atoms with Crippen molar-refractivity contribution in [3.63, 3.8) is 0 Å². The summed E-state index contributed by atoms with van der Waals surface area (Å²) in [7, 11) is 0. The lowest BCUT2D eigenvalue weighted by Gasteiger charge is -2.24. The number of likely N-dealkylation sites (tertiary alicyclic amines) is 1. The van der Waals surface area contributed by atoms with Crippen LogP contribution in [0, 0.1) is 6.92 Å². The van der Waals surface area contributed by atoms with E-state index < -0.39 is 5.97 Å². The van der Waals surface area contributed by atoms with Gasteiger partial charge in [-0.25, -0.2) is 0 Å². The highest BCUT2D eigenvalue weighted by atomic mass is 16.5. The molecular weight excluding hydrogens is 242 g/mol. The molecule has 1 fully saturated rings. The molecule has 2 heterocycles. The fourth-order valence-electron chi connectivity index (χ4n) is 3.14. The molecule has 0 bridgehead atoms. The van der Waals surface area contributed by atoms with Crippen molar-refractivity contribution < 1.29 is 14.6 Å². The van der Waals surface area contributed by atoms with Gasteiger partial charge in [-0.05, 0) is 37.9 Å². The Morgan fingerprint density at radius 2 is 2.37 bits per heavy atom. The molecule has 2 aliphatic rings. The molecule has 4 heteroatoms. The standard InChI is InChI=1S/C15H19NO3/c1-10-4-5-14-11(7-10)8-12(19-14)9-16-6-2-3-13(16)15(17)18/h4-5,7,12-13H,2-3,6,8-9H2,1H3,(H,17,18). The normalized spacial score (nSPS) is 26.2. The molecule has 0 spiro atoms. The lowest BCUT2D eigenvalue weighted by Crippen LogP contribution is -2.41. The molecule has 0 saturated carbocycles. The molecule has 1 saturated heterocycles. The molecular formula is C15H19NO3. The highest BCUT2D eigenvalue weighted by Crippen LogP contribution is 2.30. The number of hydrogen-bond acceptors (Lipinski definition) is 3. The lowest BCUT2D eigenvalue weighted by molar-refractivity contribution is -0.142. The minimum absolute atomic E-state index is 0.0942. The number of fused-ring (bicyclic) bond motifs is 1. The van der Waals surface area contributed by atoms with Gasteiger partial charge >= 0.3 is 5.97 Å². The molecule has 0 aliphatic carbocycles. The molecule has 3 rings (SSSR count). The minimum Gasteiger partial charge on any atom is -0.488 e. The van der Waals surface area contributed by atoms with E-state index in [0.29, 0.717) is 6.54 Å². The topological polar surface area (TPSA) is 49.8 Å². The van der Waals surface area contributed by atoms with Crippen molar-refractivity contribution in [2.45, 2.75) is 38.3 Å². The quantitative estimate of drug-likeness (QED) is 0.902. The van der Waals surface area contributed by atoms with Crippen molar-refractivity contribution in [3.05, 3.63) is 29.3 Å². The maximum absolute atomic E-state index is 11.2. The Hall–Kier alpha value is -1.55. The summed E-state index contributed by atoms with van der Waals surface area (Å²) in [6, 6.07) is 5.91. The lowest BCUT2D eigenvalue weighted by atomic mass is 10.1. The summed E-state index contributed by atoms with van der Waals surface area (Å²) in [4.78, 5) is 13.2. The van der Waals surface area contributed by atoms with Crippen molar-refractivity contribution in [1.29, 1.82) is 0 Å². The van der Waals surface area contributed by atoms with Gasteiger partial charge in [0.25, 0.3) is 0 Å². The van der Waals surface area contributed by atoms with Gasteiger partial charge in [0.2, 0.25) is 0 Å². The van der Waals surface area contributed by atoms with Gasteiger partial charge in [0.05, 0.1) is 0 Å². The number of carboxylic acid groups (broad SMARTS) is 1. The molecule has 0 amide bonds. The van der Waals surface area contributed by atoms with Crippen LogP contribution < -0.4 is 4.74 Å². The van der Waals surface area contributed by atoms with Gasteiger partial charge in [-0.1, -0.05) is 17.7 Å². The molecule has 2 aliphatic heterocycles. The van der Waals surface area contributed by atoms with Crippen molar-refractivity contribution >= 4 is 5.97 Å². The average Bonchev–Trinajstić information content (AvgIpc) is 2.95. The second-order valence-electron chi connectivity index (χ2n) is 5.55.